The fourth-order valence-corrected chi connectivity index (χ4v) is 4.49. The highest BCUT2D eigenvalue weighted by atomic mass is 79.9. The van der Waals surface area contributed by atoms with Crippen LogP contribution in [0.4, 0.5) is 5.69 Å². The molecular formula is C21H14BrNO5S. The van der Waals surface area contributed by atoms with Crippen molar-refractivity contribution in [2.45, 2.75) is 4.90 Å². The summed E-state index contributed by atoms with van der Waals surface area (Å²) < 4.78 is 27.5. The van der Waals surface area contributed by atoms with Crippen LogP contribution in [0, 0.1) is 10.1 Å². The van der Waals surface area contributed by atoms with Crippen molar-refractivity contribution in [3.05, 3.63) is 109 Å². The van der Waals surface area contributed by atoms with Gasteiger partial charge in [0, 0.05) is 16.1 Å². The second-order valence-corrected chi connectivity index (χ2v) is 8.79. The predicted octanol–water partition coefficient (Wildman–Crippen LogP) is 5.06. The van der Waals surface area contributed by atoms with Crippen molar-refractivity contribution in [3.8, 4) is 0 Å². The molecule has 0 fully saturated rings. The van der Waals surface area contributed by atoms with Gasteiger partial charge < -0.3 is 0 Å². The molecule has 0 bridgehead atoms. The zero-order valence-corrected chi connectivity index (χ0v) is 17.3. The van der Waals surface area contributed by atoms with Crippen LogP contribution < -0.4 is 0 Å². The Bertz CT molecular complexity index is 1200. The number of ketones is 1. The summed E-state index contributed by atoms with van der Waals surface area (Å²) in [5, 5.41) is 11.4. The molecule has 0 spiro atoms. The summed E-state index contributed by atoms with van der Waals surface area (Å²) in [5.41, 5.74) is 0.0442. The van der Waals surface area contributed by atoms with Crippen LogP contribution in [0.25, 0.3) is 6.08 Å². The van der Waals surface area contributed by atoms with Crippen LogP contribution in [0.3, 0.4) is 0 Å². The van der Waals surface area contributed by atoms with Gasteiger partial charge in [-0.2, -0.15) is 0 Å². The third-order valence-electron chi connectivity index (χ3n) is 4.07. The fraction of sp³-hybridized carbons (Fsp3) is 0. The number of nitro benzene ring substituents is 1. The lowest BCUT2D eigenvalue weighted by Crippen LogP contribution is -2.15. The Balaban J connectivity index is 2.24. The van der Waals surface area contributed by atoms with Crippen molar-refractivity contribution < 1.29 is 18.1 Å². The van der Waals surface area contributed by atoms with Crippen molar-refractivity contribution in [2.75, 3.05) is 0 Å². The van der Waals surface area contributed by atoms with E-state index < -0.39 is 36.0 Å². The maximum Gasteiger partial charge on any atom is 0.288 e. The number of para-hydroxylation sites is 1. The molecule has 0 aliphatic rings. The number of hydrogen-bond donors (Lipinski definition) is 0. The lowest BCUT2D eigenvalue weighted by Gasteiger charge is -2.10. The van der Waals surface area contributed by atoms with E-state index in [9.17, 15) is 23.3 Å². The number of hydrogen-bond acceptors (Lipinski definition) is 5. The smallest absolute Gasteiger partial charge is 0.288 e. The average Bonchev–Trinajstić information content (AvgIpc) is 2.73. The molecule has 0 aliphatic heterocycles. The van der Waals surface area contributed by atoms with E-state index in [-0.39, 0.29) is 5.56 Å². The van der Waals surface area contributed by atoms with Gasteiger partial charge in [0.05, 0.1) is 4.92 Å². The van der Waals surface area contributed by atoms with Gasteiger partial charge in [-0.3, -0.25) is 14.9 Å². The van der Waals surface area contributed by atoms with Crippen LogP contribution in [0.2, 0.25) is 0 Å². The Hall–Kier alpha value is -3.10. The molecule has 0 N–H and O–H groups in total. The zero-order chi connectivity index (χ0) is 21.0. The van der Waals surface area contributed by atoms with E-state index in [4.69, 9.17) is 0 Å². The standard InChI is InChI=1S/C21H14BrNO5S/c22-17-12-10-15(11-13-17)14-20(21(24)16-6-2-1-3-7-16)29(27,28)19-9-5-4-8-18(19)23(25)26/h1-14H. The number of nitrogens with zero attached hydrogens (tertiary/aromatic N) is 1. The molecule has 0 heterocycles. The molecule has 0 saturated heterocycles. The predicted molar refractivity (Wildman–Crippen MR) is 113 cm³/mol. The molecule has 0 amide bonds. The van der Waals surface area contributed by atoms with Crippen molar-refractivity contribution in [2.24, 2.45) is 0 Å². The first-order chi connectivity index (χ1) is 13.8. The van der Waals surface area contributed by atoms with Crippen LogP contribution >= 0.6 is 15.9 Å². The van der Waals surface area contributed by atoms with Gasteiger partial charge in [-0.15, -0.1) is 0 Å². The highest BCUT2D eigenvalue weighted by Gasteiger charge is 2.33. The Morgan fingerprint density at radius 2 is 1.48 bits per heavy atom. The molecule has 29 heavy (non-hydrogen) atoms. The van der Waals surface area contributed by atoms with E-state index in [1.165, 1.54) is 30.3 Å². The van der Waals surface area contributed by atoms with Gasteiger partial charge in [0.25, 0.3) is 5.69 Å². The van der Waals surface area contributed by atoms with E-state index in [1.54, 1.807) is 42.5 Å². The molecule has 0 aliphatic carbocycles. The molecule has 8 heteroatoms. The van der Waals surface area contributed by atoms with Gasteiger partial charge in [0.15, 0.2) is 0 Å². The van der Waals surface area contributed by atoms with E-state index >= 15 is 0 Å². The maximum absolute atomic E-state index is 13.3. The molecule has 0 unspecified atom stereocenters. The maximum atomic E-state index is 13.3. The summed E-state index contributed by atoms with van der Waals surface area (Å²) in [6.45, 7) is 0. The largest absolute Gasteiger partial charge is 0.288 e. The molecule has 3 rings (SSSR count). The monoisotopic (exact) mass is 471 g/mol. The third kappa shape index (κ3) is 4.49. The first-order valence-electron chi connectivity index (χ1n) is 8.36. The van der Waals surface area contributed by atoms with Crippen LogP contribution in [0.1, 0.15) is 15.9 Å². The summed E-state index contributed by atoms with van der Waals surface area (Å²) >= 11 is 3.30. The van der Waals surface area contributed by atoms with E-state index in [0.29, 0.717) is 5.56 Å². The molecular weight excluding hydrogens is 458 g/mol. The minimum absolute atomic E-state index is 0.165. The van der Waals surface area contributed by atoms with Crippen molar-refractivity contribution in [1.82, 2.24) is 0 Å². The summed E-state index contributed by atoms with van der Waals surface area (Å²) in [7, 11) is -4.47. The van der Waals surface area contributed by atoms with Crippen LogP contribution in [0.15, 0.2) is 93.1 Å². The fourth-order valence-electron chi connectivity index (χ4n) is 2.66. The number of sulfone groups is 1. The van der Waals surface area contributed by atoms with Crippen LogP contribution in [-0.4, -0.2) is 19.1 Å². The second kappa shape index (κ2) is 8.50. The molecule has 146 valence electrons. The minimum atomic E-state index is -4.47. The molecule has 0 atom stereocenters. The molecule has 6 nitrogen and oxygen atoms in total. The number of halogens is 1. The van der Waals surface area contributed by atoms with Crippen molar-refractivity contribution in [1.29, 1.82) is 0 Å². The lowest BCUT2D eigenvalue weighted by atomic mass is 10.1. The number of rotatable bonds is 6. The summed E-state index contributed by atoms with van der Waals surface area (Å²) in [6.07, 6.45) is 1.23. The number of allylic oxidation sites excluding steroid dienone is 1. The molecule has 0 saturated carbocycles. The third-order valence-corrected chi connectivity index (χ3v) is 6.40. The van der Waals surface area contributed by atoms with Gasteiger partial charge in [0.2, 0.25) is 15.6 Å². The number of benzene rings is 3. The zero-order valence-electron chi connectivity index (χ0n) is 14.9. The highest BCUT2D eigenvalue weighted by Crippen LogP contribution is 2.31. The van der Waals surface area contributed by atoms with Crippen molar-refractivity contribution in [3.63, 3.8) is 0 Å². The Morgan fingerprint density at radius 1 is 0.897 bits per heavy atom. The number of Topliss-reactive ketones (excluding diaryl/α,β-unsaturated/α-hetero) is 1. The quantitative estimate of drug-likeness (QED) is 0.217. The van der Waals surface area contributed by atoms with Gasteiger partial charge >= 0.3 is 0 Å². The molecule has 3 aromatic carbocycles. The topological polar surface area (TPSA) is 94.3 Å². The van der Waals surface area contributed by atoms with Crippen LogP contribution in [0.5, 0.6) is 0 Å². The van der Waals surface area contributed by atoms with Gasteiger partial charge in [-0.05, 0) is 29.8 Å². The van der Waals surface area contributed by atoms with Crippen molar-refractivity contribution >= 4 is 43.3 Å². The summed E-state index contributed by atoms with van der Waals surface area (Å²) in [6, 6.07) is 19.6. The Labute approximate surface area is 175 Å². The average molecular weight is 472 g/mol. The lowest BCUT2D eigenvalue weighted by molar-refractivity contribution is -0.387. The van der Waals surface area contributed by atoms with Crippen LogP contribution in [-0.2, 0) is 9.84 Å². The SMILES string of the molecule is O=C(C(=Cc1ccc(Br)cc1)S(=O)(=O)c1ccccc1[N+](=O)[O-])c1ccccc1. The molecule has 0 radical (unpaired) electrons. The van der Waals surface area contributed by atoms with Gasteiger partial charge in [0.1, 0.15) is 9.80 Å². The molecule has 0 aromatic heterocycles. The second-order valence-electron chi connectivity index (χ2n) is 5.98. The number of carbonyl (C=O) groups is 1. The normalized spacial score (nSPS) is 11.8. The summed E-state index contributed by atoms with van der Waals surface area (Å²) in [5.74, 6) is -0.744. The highest BCUT2D eigenvalue weighted by molar-refractivity contribution is 9.10. The van der Waals surface area contributed by atoms with E-state index in [0.717, 1.165) is 16.6 Å². The van der Waals surface area contributed by atoms with E-state index in [2.05, 4.69) is 15.9 Å². The Morgan fingerprint density at radius 3 is 2.10 bits per heavy atom. The number of carbonyl (C=O) groups excluding carboxylic acids is 1. The molecule has 3 aromatic rings. The first kappa shape index (κ1) is 20.6. The first-order valence-corrected chi connectivity index (χ1v) is 10.6. The van der Waals surface area contributed by atoms with Gasteiger partial charge in [-0.25, -0.2) is 8.42 Å². The summed E-state index contributed by atoms with van der Waals surface area (Å²) in [4.78, 5) is 22.6. The van der Waals surface area contributed by atoms with Gasteiger partial charge in [-0.1, -0.05) is 70.5 Å². The number of nitro groups is 1. The Kier molecular flexibility index (Phi) is 6.05. The minimum Gasteiger partial charge on any atom is -0.288 e. The van der Waals surface area contributed by atoms with E-state index in [1.807, 2.05) is 0 Å².